The molecular weight excluding hydrogens is 169 g/mol. The van der Waals surface area contributed by atoms with Crippen LogP contribution in [-0.4, -0.2) is 8.42 Å². The first-order valence-electron chi connectivity index (χ1n) is 2.58. The third-order valence-electron chi connectivity index (χ3n) is 0.816. The van der Waals surface area contributed by atoms with Gasteiger partial charge in [-0.15, -0.1) is 0 Å². The van der Waals surface area contributed by atoms with E-state index in [1.165, 1.54) is 0 Å². The number of primary sulfonamides is 1. The fourth-order valence-electron chi connectivity index (χ4n) is 0.278. The van der Waals surface area contributed by atoms with Gasteiger partial charge >= 0.3 is 0 Å². The van der Waals surface area contributed by atoms with Crippen LogP contribution in [0.1, 0.15) is 0 Å². The summed E-state index contributed by atoms with van der Waals surface area (Å²) in [4.78, 5) is -0.351. The molecule has 5 heteroatoms. The molecule has 0 bridgehead atoms. The molecule has 0 unspecified atom stereocenters. The normalized spacial score (nSPS) is 11.8. The minimum Gasteiger partial charge on any atom is -0.225 e. The lowest BCUT2D eigenvalue weighted by atomic mass is 10.4. The number of hydrogen-bond acceptors (Lipinski definition) is 2. The molecule has 0 fully saturated rings. The van der Waals surface area contributed by atoms with Gasteiger partial charge in [0.05, 0.1) is 4.91 Å². The van der Waals surface area contributed by atoms with Gasteiger partial charge in [0, 0.05) is 0 Å². The molecule has 0 aromatic rings. The zero-order valence-corrected chi connectivity index (χ0v) is 6.57. The molecule has 0 atom stereocenters. The quantitative estimate of drug-likeness (QED) is 0.649. The van der Waals surface area contributed by atoms with E-state index in [0.29, 0.717) is 0 Å². The number of hydrogen-bond donors (Lipinski definition) is 1. The molecule has 0 heterocycles. The molecule has 0 radical (unpaired) electrons. The van der Waals surface area contributed by atoms with E-state index < -0.39 is 15.9 Å². The Bertz CT molecular complexity index is 303. The van der Waals surface area contributed by atoms with Crippen LogP contribution in [0, 0.1) is 0 Å². The molecule has 0 amide bonds. The van der Waals surface area contributed by atoms with E-state index >= 15 is 0 Å². The first-order valence-corrected chi connectivity index (χ1v) is 4.13. The maximum atomic E-state index is 11.9. The van der Waals surface area contributed by atoms with Crippen LogP contribution >= 0.6 is 0 Å². The monoisotopic (exact) mass is 177 g/mol. The van der Waals surface area contributed by atoms with Crippen LogP contribution in [0.15, 0.2) is 36.0 Å². The summed E-state index contributed by atoms with van der Waals surface area (Å²) in [7, 11) is -3.79. The van der Waals surface area contributed by atoms with Crippen molar-refractivity contribution in [2.24, 2.45) is 5.14 Å². The Labute approximate surface area is 64.8 Å². The molecule has 0 saturated carbocycles. The van der Waals surface area contributed by atoms with Crippen molar-refractivity contribution in [3.63, 3.8) is 0 Å². The largest absolute Gasteiger partial charge is 0.237 e. The maximum absolute atomic E-state index is 11.9. The van der Waals surface area contributed by atoms with Gasteiger partial charge in [-0.2, -0.15) is 0 Å². The average Bonchev–Trinajstić information content (AvgIpc) is 1.80. The summed E-state index contributed by atoms with van der Waals surface area (Å²) in [6, 6.07) is 0. The van der Waals surface area contributed by atoms with E-state index in [4.69, 9.17) is 0 Å². The molecule has 0 aliphatic heterocycles. The lowest BCUT2D eigenvalue weighted by molar-refractivity contribution is 0.604. The lowest BCUT2D eigenvalue weighted by Gasteiger charge is -1.92. The Morgan fingerprint density at radius 3 is 2.09 bits per heavy atom. The summed E-state index contributed by atoms with van der Waals surface area (Å²) in [6.07, 6.45) is 1.81. The van der Waals surface area contributed by atoms with Gasteiger partial charge in [-0.05, 0) is 12.2 Å². The van der Waals surface area contributed by atoms with Crippen molar-refractivity contribution in [1.82, 2.24) is 0 Å². The average molecular weight is 177 g/mol. The van der Waals surface area contributed by atoms with Gasteiger partial charge in [0.1, 0.15) is 5.83 Å². The van der Waals surface area contributed by atoms with Crippen LogP contribution in [-0.2, 0) is 10.0 Å². The van der Waals surface area contributed by atoms with Crippen molar-refractivity contribution in [1.29, 1.82) is 0 Å². The third-order valence-corrected chi connectivity index (χ3v) is 1.68. The highest BCUT2D eigenvalue weighted by Gasteiger charge is 2.03. The first kappa shape index (κ1) is 10.1. The molecule has 2 N–H and O–H groups in total. The van der Waals surface area contributed by atoms with E-state index in [0.717, 1.165) is 12.2 Å². The van der Waals surface area contributed by atoms with E-state index in [2.05, 4.69) is 18.3 Å². The van der Waals surface area contributed by atoms with Crippen molar-refractivity contribution in [2.45, 2.75) is 0 Å². The van der Waals surface area contributed by atoms with E-state index in [1.54, 1.807) is 0 Å². The summed E-state index contributed by atoms with van der Waals surface area (Å²) in [6.45, 7) is 5.97. The third kappa shape index (κ3) is 4.46. The summed E-state index contributed by atoms with van der Waals surface area (Å²) in [5.74, 6) is -0.755. The number of allylic oxidation sites excluding steroid dienone is 3. The minimum absolute atomic E-state index is 0.351. The van der Waals surface area contributed by atoms with Gasteiger partial charge in [0.15, 0.2) is 0 Å². The highest BCUT2D eigenvalue weighted by atomic mass is 32.2. The second-order valence-corrected chi connectivity index (χ2v) is 3.41. The number of rotatable bonds is 3. The highest BCUT2D eigenvalue weighted by Crippen LogP contribution is 2.02. The van der Waals surface area contributed by atoms with Crippen molar-refractivity contribution in [3.8, 4) is 0 Å². The van der Waals surface area contributed by atoms with Crippen molar-refractivity contribution < 1.29 is 12.8 Å². The van der Waals surface area contributed by atoms with Crippen LogP contribution < -0.4 is 5.14 Å². The van der Waals surface area contributed by atoms with Gasteiger partial charge in [-0.25, -0.2) is 17.9 Å². The van der Waals surface area contributed by atoms with Crippen molar-refractivity contribution in [2.75, 3.05) is 0 Å². The van der Waals surface area contributed by atoms with E-state index in [9.17, 15) is 12.8 Å². The SMILES string of the molecule is C=C(F)/C=C\C(=C)S(N)(=O)=O. The predicted molar refractivity (Wildman–Crippen MR) is 41.6 cm³/mol. The minimum atomic E-state index is -3.79. The molecule has 0 rings (SSSR count). The van der Waals surface area contributed by atoms with Crippen LogP contribution in [0.2, 0.25) is 0 Å². The fraction of sp³-hybridized carbons (Fsp3) is 0. The topological polar surface area (TPSA) is 60.2 Å². The maximum Gasteiger partial charge on any atom is 0.237 e. The van der Waals surface area contributed by atoms with Crippen LogP contribution in [0.5, 0.6) is 0 Å². The molecule has 0 aliphatic carbocycles. The predicted octanol–water partition coefficient (Wildman–Crippen LogP) is 0.828. The zero-order chi connectivity index (χ0) is 9.07. The Kier molecular flexibility index (Phi) is 3.16. The first-order chi connectivity index (χ1) is 4.84. The number of nitrogens with two attached hydrogens (primary N) is 1. The lowest BCUT2D eigenvalue weighted by Crippen LogP contribution is -2.12. The Morgan fingerprint density at radius 1 is 1.36 bits per heavy atom. The smallest absolute Gasteiger partial charge is 0.225 e. The van der Waals surface area contributed by atoms with Crippen LogP contribution in [0.4, 0.5) is 4.39 Å². The van der Waals surface area contributed by atoms with Gasteiger partial charge in [0.2, 0.25) is 10.0 Å². The molecule has 0 saturated heterocycles. The molecule has 11 heavy (non-hydrogen) atoms. The van der Waals surface area contributed by atoms with Gasteiger partial charge in [-0.1, -0.05) is 13.2 Å². The van der Waals surface area contributed by atoms with Crippen molar-refractivity contribution in [3.05, 3.63) is 36.0 Å². The molecular formula is C6H8FNO2S. The second kappa shape index (κ2) is 3.45. The van der Waals surface area contributed by atoms with Gasteiger partial charge in [0.25, 0.3) is 0 Å². The molecule has 0 spiro atoms. The number of sulfonamides is 1. The highest BCUT2D eigenvalue weighted by molar-refractivity contribution is 7.93. The summed E-state index contributed by atoms with van der Waals surface area (Å²) in [5, 5.41) is 4.63. The second-order valence-electron chi connectivity index (χ2n) is 1.79. The molecule has 0 aromatic carbocycles. The zero-order valence-electron chi connectivity index (χ0n) is 5.75. The standard InChI is InChI=1S/C6H8FNO2S/c1-5(7)3-4-6(2)11(8,9)10/h3-4H,1-2H2,(H2,8,9,10)/b4-3-. The van der Waals surface area contributed by atoms with E-state index in [1.807, 2.05) is 0 Å². The summed E-state index contributed by atoms with van der Waals surface area (Å²) in [5.41, 5.74) is 0. The van der Waals surface area contributed by atoms with Crippen LogP contribution in [0.3, 0.4) is 0 Å². The molecule has 0 aromatic heterocycles. The van der Waals surface area contributed by atoms with Crippen LogP contribution in [0.25, 0.3) is 0 Å². The number of halogens is 1. The Balaban J connectivity index is 4.46. The van der Waals surface area contributed by atoms with Crippen molar-refractivity contribution >= 4 is 10.0 Å². The van der Waals surface area contributed by atoms with Gasteiger partial charge < -0.3 is 0 Å². The molecule has 3 nitrogen and oxygen atoms in total. The summed E-state index contributed by atoms with van der Waals surface area (Å²) < 4.78 is 32.7. The fourth-order valence-corrected chi connectivity index (χ4v) is 0.536. The molecule has 0 aliphatic rings. The molecule has 62 valence electrons. The van der Waals surface area contributed by atoms with Gasteiger partial charge in [-0.3, -0.25) is 0 Å². The Hall–Kier alpha value is -0.940. The summed E-state index contributed by atoms with van der Waals surface area (Å²) >= 11 is 0. The van der Waals surface area contributed by atoms with E-state index in [-0.39, 0.29) is 4.91 Å². The Morgan fingerprint density at radius 2 is 1.82 bits per heavy atom.